The van der Waals surface area contributed by atoms with Crippen LogP contribution < -0.4 is 0 Å². The minimum absolute atomic E-state index is 0.744. The topological polar surface area (TPSA) is 59.6 Å². The number of hydrogen-bond acceptors (Lipinski definition) is 3. The SMILES string of the molecule is Cn1c(-c2ccc(-c3ccn[nH]3)o2)nc2ccccc21. The van der Waals surface area contributed by atoms with Crippen molar-refractivity contribution in [1.82, 2.24) is 19.7 Å². The molecule has 0 aliphatic carbocycles. The smallest absolute Gasteiger partial charge is 0.177 e. The summed E-state index contributed by atoms with van der Waals surface area (Å²) in [6.45, 7) is 0. The predicted molar refractivity (Wildman–Crippen MR) is 76.0 cm³/mol. The van der Waals surface area contributed by atoms with Crippen molar-refractivity contribution < 1.29 is 4.42 Å². The molecule has 0 fully saturated rings. The number of aryl methyl sites for hydroxylation is 1. The number of H-pyrrole nitrogens is 1. The van der Waals surface area contributed by atoms with Gasteiger partial charge in [-0.05, 0) is 30.3 Å². The molecule has 5 heteroatoms. The zero-order valence-corrected chi connectivity index (χ0v) is 10.9. The molecule has 0 saturated heterocycles. The van der Waals surface area contributed by atoms with Crippen molar-refractivity contribution in [3.63, 3.8) is 0 Å². The van der Waals surface area contributed by atoms with E-state index in [1.807, 2.05) is 54.1 Å². The molecule has 3 heterocycles. The highest BCUT2D eigenvalue weighted by molar-refractivity contribution is 5.79. The second-order valence-electron chi connectivity index (χ2n) is 4.62. The third-order valence-electron chi connectivity index (χ3n) is 3.38. The Labute approximate surface area is 114 Å². The number of hydrogen-bond donors (Lipinski definition) is 1. The van der Waals surface area contributed by atoms with Gasteiger partial charge in [0.05, 0.1) is 11.0 Å². The number of para-hydroxylation sites is 2. The molecule has 0 unspecified atom stereocenters. The summed E-state index contributed by atoms with van der Waals surface area (Å²) in [6, 6.07) is 13.8. The summed E-state index contributed by atoms with van der Waals surface area (Å²) in [5.74, 6) is 2.31. The Balaban J connectivity index is 1.85. The molecule has 0 atom stereocenters. The molecular formula is C15H12N4O. The van der Waals surface area contributed by atoms with Gasteiger partial charge in [-0.25, -0.2) is 4.98 Å². The first-order valence-electron chi connectivity index (χ1n) is 6.34. The molecular weight excluding hydrogens is 252 g/mol. The van der Waals surface area contributed by atoms with Gasteiger partial charge in [-0.1, -0.05) is 12.1 Å². The van der Waals surface area contributed by atoms with Crippen molar-refractivity contribution in [3.05, 3.63) is 48.7 Å². The molecule has 1 aromatic carbocycles. The molecule has 4 rings (SSSR count). The van der Waals surface area contributed by atoms with Gasteiger partial charge < -0.3 is 8.98 Å². The van der Waals surface area contributed by atoms with E-state index < -0.39 is 0 Å². The fraction of sp³-hybridized carbons (Fsp3) is 0.0667. The second kappa shape index (κ2) is 4.09. The monoisotopic (exact) mass is 264 g/mol. The van der Waals surface area contributed by atoms with Crippen LogP contribution in [-0.2, 0) is 7.05 Å². The van der Waals surface area contributed by atoms with Gasteiger partial charge in [-0.3, -0.25) is 5.10 Å². The van der Waals surface area contributed by atoms with E-state index in [0.717, 1.165) is 34.1 Å². The highest BCUT2D eigenvalue weighted by Gasteiger charge is 2.14. The van der Waals surface area contributed by atoms with Crippen molar-refractivity contribution in [3.8, 4) is 23.0 Å². The average molecular weight is 264 g/mol. The average Bonchev–Trinajstić information content (AvgIpc) is 3.17. The lowest BCUT2D eigenvalue weighted by Crippen LogP contribution is -1.90. The van der Waals surface area contributed by atoms with Crippen molar-refractivity contribution in [2.45, 2.75) is 0 Å². The van der Waals surface area contributed by atoms with E-state index in [-0.39, 0.29) is 0 Å². The summed E-state index contributed by atoms with van der Waals surface area (Å²) >= 11 is 0. The Morgan fingerprint density at radius 1 is 1.05 bits per heavy atom. The number of aromatic amines is 1. The third-order valence-corrected chi connectivity index (χ3v) is 3.38. The summed E-state index contributed by atoms with van der Waals surface area (Å²) in [5, 5.41) is 6.82. The van der Waals surface area contributed by atoms with Crippen LogP contribution in [-0.4, -0.2) is 19.7 Å². The van der Waals surface area contributed by atoms with Crippen LogP contribution >= 0.6 is 0 Å². The van der Waals surface area contributed by atoms with E-state index in [9.17, 15) is 0 Å². The molecule has 0 saturated carbocycles. The zero-order chi connectivity index (χ0) is 13.5. The van der Waals surface area contributed by atoms with E-state index in [1.165, 1.54) is 0 Å². The quantitative estimate of drug-likeness (QED) is 0.604. The summed E-state index contributed by atoms with van der Waals surface area (Å²) in [7, 11) is 1.99. The molecule has 0 aliphatic heterocycles. The Bertz CT molecular complexity index is 870. The van der Waals surface area contributed by atoms with Crippen molar-refractivity contribution >= 4 is 11.0 Å². The number of nitrogens with zero attached hydrogens (tertiary/aromatic N) is 3. The van der Waals surface area contributed by atoms with Crippen molar-refractivity contribution in [1.29, 1.82) is 0 Å². The van der Waals surface area contributed by atoms with Gasteiger partial charge in [0.15, 0.2) is 17.3 Å². The predicted octanol–water partition coefficient (Wildman–Crippen LogP) is 3.22. The number of rotatable bonds is 2. The largest absolute Gasteiger partial charge is 0.451 e. The Hall–Kier alpha value is -2.82. The van der Waals surface area contributed by atoms with E-state index in [1.54, 1.807) is 6.20 Å². The zero-order valence-electron chi connectivity index (χ0n) is 10.9. The van der Waals surface area contributed by atoms with Crippen LogP contribution in [0.3, 0.4) is 0 Å². The first-order valence-corrected chi connectivity index (χ1v) is 6.34. The second-order valence-corrected chi connectivity index (χ2v) is 4.62. The number of aromatic nitrogens is 4. The number of fused-ring (bicyclic) bond motifs is 1. The fourth-order valence-electron chi connectivity index (χ4n) is 2.36. The number of furan rings is 1. The van der Waals surface area contributed by atoms with Gasteiger partial charge in [-0.15, -0.1) is 0 Å². The molecule has 0 radical (unpaired) electrons. The van der Waals surface area contributed by atoms with Crippen LogP contribution in [0.2, 0.25) is 0 Å². The first-order chi connectivity index (χ1) is 9.83. The maximum Gasteiger partial charge on any atom is 0.177 e. The van der Waals surface area contributed by atoms with E-state index in [4.69, 9.17) is 4.42 Å². The molecule has 5 nitrogen and oxygen atoms in total. The molecule has 98 valence electrons. The van der Waals surface area contributed by atoms with Gasteiger partial charge in [0.2, 0.25) is 0 Å². The van der Waals surface area contributed by atoms with Crippen molar-refractivity contribution in [2.75, 3.05) is 0 Å². The normalized spacial score (nSPS) is 11.2. The van der Waals surface area contributed by atoms with Gasteiger partial charge >= 0.3 is 0 Å². The molecule has 20 heavy (non-hydrogen) atoms. The lowest BCUT2D eigenvalue weighted by molar-refractivity contribution is 0.586. The molecule has 0 spiro atoms. The lowest BCUT2D eigenvalue weighted by Gasteiger charge is -1.98. The van der Waals surface area contributed by atoms with Crippen LogP contribution in [0, 0.1) is 0 Å². The van der Waals surface area contributed by atoms with Crippen LogP contribution in [0.4, 0.5) is 0 Å². The maximum absolute atomic E-state index is 5.87. The van der Waals surface area contributed by atoms with Crippen LogP contribution in [0.25, 0.3) is 34.1 Å². The number of nitrogens with one attached hydrogen (secondary N) is 1. The molecule has 0 aliphatic rings. The molecule has 0 amide bonds. The van der Waals surface area contributed by atoms with Gasteiger partial charge in [0, 0.05) is 13.2 Å². The Kier molecular flexibility index (Phi) is 2.26. The third kappa shape index (κ3) is 1.56. The van der Waals surface area contributed by atoms with Crippen LogP contribution in [0.15, 0.2) is 53.1 Å². The highest BCUT2D eigenvalue weighted by Crippen LogP contribution is 2.28. The van der Waals surface area contributed by atoms with E-state index >= 15 is 0 Å². The number of benzene rings is 1. The maximum atomic E-state index is 5.87. The fourth-order valence-corrected chi connectivity index (χ4v) is 2.36. The summed E-state index contributed by atoms with van der Waals surface area (Å²) in [6.07, 6.45) is 1.70. The first kappa shape index (κ1) is 11.0. The summed E-state index contributed by atoms with van der Waals surface area (Å²) in [5.41, 5.74) is 2.90. The van der Waals surface area contributed by atoms with Crippen LogP contribution in [0.5, 0.6) is 0 Å². The lowest BCUT2D eigenvalue weighted by atomic mass is 10.3. The Morgan fingerprint density at radius 2 is 1.90 bits per heavy atom. The summed E-state index contributed by atoms with van der Waals surface area (Å²) in [4.78, 5) is 4.62. The standard InChI is InChI=1S/C15H12N4O/c1-19-12-5-3-2-4-10(12)17-15(19)14-7-6-13(20-14)11-8-9-16-18-11/h2-9H,1H3,(H,16,18). The molecule has 1 N–H and O–H groups in total. The van der Waals surface area contributed by atoms with Crippen LogP contribution in [0.1, 0.15) is 0 Å². The van der Waals surface area contributed by atoms with Gasteiger partial charge in [-0.2, -0.15) is 5.10 Å². The molecule has 0 bridgehead atoms. The Morgan fingerprint density at radius 3 is 2.70 bits per heavy atom. The summed E-state index contributed by atoms with van der Waals surface area (Å²) < 4.78 is 7.90. The minimum atomic E-state index is 0.744. The van der Waals surface area contributed by atoms with E-state index in [0.29, 0.717) is 0 Å². The molecule has 4 aromatic rings. The van der Waals surface area contributed by atoms with E-state index in [2.05, 4.69) is 15.2 Å². The number of imidazole rings is 1. The highest BCUT2D eigenvalue weighted by atomic mass is 16.3. The molecule has 3 aromatic heterocycles. The van der Waals surface area contributed by atoms with Gasteiger partial charge in [0.1, 0.15) is 5.69 Å². The van der Waals surface area contributed by atoms with Crippen molar-refractivity contribution in [2.24, 2.45) is 7.05 Å². The minimum Gasteiger partial charge on any atom is -0.451 e. The van der Waals surface area contributed by atoms with Gasteiger partial charge in [0.25, 0.3) is 0 Å².